The van der Waals surface area contributed by atoms with Crippen LogP contribution >= 0.6 is 0 Å². The molecule has 0 radical (unpaired) electrons. The molecule has 1 unspecified atom stereocenters. The number of nitrogens with two attached hydrogens (primary N) is 1. The zero-order valence-corrected chi connectivity index (χ0v) is 13.0. The van der Waals surface area contributed by atoms with E-state index in [0.29, 0.717) is 6.54 Å². The van der Waals surface area contributed by atoms with Gasteiger partial charge in [0.25, 0.3) is 0 Å². The Morgan fingerprint density at radius 3 is 2.43 bits per heavy atom. The summed E-state index contributed by atoms with van der Waals surface area (Å²) in [6.07, 6.45) is 4.37. The van der Waals surface area contributed by atoms with Crippen LogP contribution in [-0.4, -0.2) is 31.1 Å². The van der Waals surface area contributed by atoms with Gasteiger partial charge in [0.2, 0.25) is 0 Å². The van der Waals surface area contributed by atoms with Crippen LogP contribution in [0.2, 0.25) is 0 Å². The maximum absolute atomic E-state index is 6.05. The van der Waals surface area contributed by atoms with E-state index in [1.165, 1.54) is 5.56 Å². The van der Waals surface area contributed by atoms with Gasteiger partial charge in [0.05, 0.1) is 19.6 Å². The minimum Gasteiger partial charge on any atom is -0.497 e. The van der Waals surface area contributed by atoms with E-state index in [4.69, 9.17) is 14.9 Å². The number of benzene rings is 1. The van der Waals surface area contributed by atoms with Gasteiger partial charge < -0.3 is 14.9 Å². The zero-order valence-electron chi connectivity index (χ0n) is 13.0. The molecule has 0 aliphatic rings. The fourth-order valence-corrected chi connectivity index (χ4v) is 2.39. The van der Waals surface area contributed by atoms with Crippen LogP contribution in [0, 0.1) is 0 Å². The summed E-state index contributed by atoms with van der Waals surface area (Å²) >= 11 is 0. The lowest BCUT2D eigenvalue weighted by molar-refractivity contribution is 0.136. The summed E-state index contributed by atoms with van der Waals surface area (Å²) in [7, 11) is 3.78. The zero-order chi connectivity index (χ0) is 15.3. The van der Waals surface area contributed by atoms with Crippen molar-refractivity contribution in [3.8, 4) is 5.75 Å². The number of rotatable bonds is 7. The summed E-state index contributed by atoms with van der Waals surface area (Å²) in [5.41, 5.74) is 8.36. The first-order valence-electron chi connectivity index (χ1n) is 7.13. The van der Waals surface area contributed by atoms with Gasteiger partial charge in [-0.05, 0) is 44.2 Å². The Morgan fingerprint density at radius 1 is 1.19 bits per heavy atom. The predicted octanol–water partition coefficient (Wildman–Crippen LogP) is 2.68. The lowest BCUT2D eigenvalue weighted by Gasteiger charge is -2.38. The van der Waals surface area contributed by atoms with Crippen LogP contribution in [0.15, 0.2) is 47.3 Å². The number of hydrogen-bond donors (Lipinski definition) is 1. The van der Waals surface area contributed by atoms with Gasteiger partial charge in [0.15, 0.2) is 0 Å². The smallest absolute Gasteiger partial charge is 0.118 e. The molecule has 0 aliphatic carbocycles. The number of likely N-dealkylation sites (N-methyl/N-ethyl adjacent to an activating group) is 1. The third-order valence-corrected chi connectivity index (χ3v) is 4.11. The molecule has 0 saturated carbocycles. The first kappa shape index (κ1) is 15.6. The highest BCUT2D eigenvalue weighted by atomic mass is 16.5. The Hall–Kier alpha value is -1.78. The SMILES string of the molecule is COc1ccc(CC(C)(CN)N(C)Cc2ccoc2)cc1. The van der Waals surface area contributed by atoms with Gasteiger partial charge in [-0.1, -0.05) is 12.1 Å². The molecule has 114 valence electrons. The van der Waals surface area contributed by atoms with Gasteiger partial charge in [-0.25, -0.2) is 0 Å². The molecule has 0 fully saturated rings. The van der Waals surface area contributed by atoms with E-state index in [9.17, 15) is 0 Å². The van der Waals surface area contributed by atoms with Gasteiger partial charge in [-0.15, -0.1) is 0 Å². The van der Waals surface area contributed by atoms with Crippen molar-refractivity contribution in [1.29, 1.82) is 0 Å². The van der Waals surface area contributed by atoms with Crippen LogP contribution in [0.4, 0.5) is 0 Å². The summed E-state index contributed by atoms with van der Waals surface area (Å²) in [4.78, 5) is 2.28. The van der Waals surface area contributed by atoms with Crippen molar-refractivity contribution in [3.05, 3.63) is 54.0 Å². The van der Waals surface area contributed by atoms with Crippen LogP contribution in [0.3, 0.4) is 0 Å². The highest BCUT2D eigenvalue weighted by Gasteiger charge is 2.28. The van der Waals surface area contributed by atoms with E-state index < -0.39 is 0 Å². The average Bonchev–Trinajstić information content (AvgIpc) is 3.00. The lowest BCUT2D eigenvalue weighted by atomic mass is 9.91. The molecule has 2 aromatic rings. The van der Waals surface area contributed by atoms with Crippen molar-refractivity contribution in [2.45, 2.75) is 25.4 Å². The van der Waals surface area contributed by atoms with Crippen LogP contribution < -0.4 is 10.5 Å². The van der Waals surface area contributed by atoms with Crippen LogP contribution in [0.5, 0.6) is 5.75 Å². The third-order valence-electron chi connectivity index (χ3n) is 4.11. The first-order valence-corrected chi connectivity index (χ1v) is 7.13. The first-order chi connectivity index (χ1) is 10.1. The van der Waals surface area contributed by atoms with E-state index in [-0.39, 0.29) is 5.54 Å². The molecule has 0 saturated heterocycles. The van der Waals surface area contributed by atoms with Gasteiger partial charge in [-0.3, -0.25) is 4.90 Å². The molecular weight excluding hydrogens is 264 g/mol. The van der Waals surface area contributed by atoms with Gasteiger partial charge in [0, 0.05) is 24.2 Å². The van der Waals surface area contributed by atoms with E-state index in [1.807, 2.05) is 18.2 Å². The number of methoxy groups -OCH3 is 1. The minimum absolute atomic E-state index is 0.105. The van der Waals surface area contributed by atoms with E-state index in [1.54, 1.807) is 19.6 Å². The molecule has 1 atom stereocenters. The molecule has 1 aromatic carbocycles. The summed E-state index contributed by atoms with van der Waals surface area (Å²) in [5, 5.41) is 0. The third kappa shape index (κ3) is 3.86. The van der Waals surface area contributed by atoms with Crippen molar-refractivity contribution in [1.82, 2.24) is 4.90 Å². The maximum atomic E-state index is 6.05. The molecule has 0 spiro atoms. The Labute approximate surface area is 126 Å². The quantitative estimate of drug-likeness (QED) is 0.851. The van der Waals surface area contributed by atoms with Crippen LogP contribution in [-0.2, 0) is 13.0 Å². The minimum atomic E-state index is -0.105. The number of hydrogen-bond acceptors (Lipinski definition) is 4. The van der Waals surface area contributed by atoms with Gasteiger partial charge >= 0.3 is 0 Å². The van der Waals surface area contributed by atoms with Crippen LogP contribution in [0.1, 0.15) is 18.1 Å². The highest BCUT2D eigenvalue weighted by molar-refractivity contribution is 5.28. The standard InChI is InChI=1S/C17H24N2O2/c1-17(13-18,19(2)11-15-8-9-21-12-15)10-14-4-6-16(20-3)7-5-14/h4-9,12H,10-11,13,18H2,1-3H3. The van der Waals surface area contributed by atoms with Gasteiger partial charge in [-0.2, -0.15) is 0 Å². The molecule has 21 heavy (non-hydrogen) atoms. The molecule has 2 N–H and O–H groups in total. The number of nitrogens with zero attached hydrogens (tertiary/aromatic N) is 1. The molecule has 0 aliphatic heterocycles. The topological polar surface area (TPSA) is 51.6 Å². The second-order valence-electron chi connectivity index (χ2n) is 5.71. The number of ether oxygens (including phenoxy) is 1. The summed E-state index contributed by atoms with van der Waals surface area (Å²) in [6.45, 7) is 3.60. The Kier molecular flexibility index (Phi) is 5.04. The molecule has 4 heteroatoms. The molecule has 2 rings (SSSR count). The Morgan fingerprint density at radius 2 is 1.90 bits per heavy atom. The van der Waals surface area contributed by atoms with Gasteiger partial charge in [0.1, 0.15) is 5.75 Å². The van der Waals surface area contributed by atoms with Crippen molar-refractivity contribution in [3.63, 3.8) is 0 Å². The van der Waals surface area contributed by atoms with E-state index in [2.05, 4.69) is 31.0 Å². The van der Waals surface area contributed by atoms with Crippen molar-refractivity contribution < 1.29 is 9.15 Å². The van der Waals surface area contributed by atoms with Crippen molar-refractivity contribution in [2.75, 3.05) is 20.7 Å². The van der Waals surface area contributed by atoms with Crippen LogP contribution in [0.25, 0.3) is 0 Å². The fourth-order valence-electron chi connectivity index (χ4n) is 2.39. The van der Waals surface area contributed by atoms with E-state index in [0.717, 1.165) is 24.3 Å². The van der Waals surface area contributed by atoms with Crippen molar-refractivity contribution >= 4 is 0 Å². The Balaban J connectivity index is 2.08. The number of furan rings is 1. The summed E-state index contributed by atoms with van der Waals surface area (Å²) < 4.78 is 10.3. The lowest BCUT2D eigenvalue weighted by Crippen LogP contribution is -2.50. The molecule has 4 nitrogen and oxygen atoms in total. The second kappa shape index (κ2) is 6.78. The second-order valence-corrected chi connectivity index (χ2v) is 5.71. The molecule has 1 aromatic heterocycles. The maximum Gasteiger partial charge on any atom is 0.118 e. The fraction of sp³-hybridized carbons (Fsp3) is 0.412. The molecule has 1 heterocycles. The highest BCUT2D eigenvalue weighted by Crippen LogP contribution is 2.22. The Bertz CT molecular complexity index is 536. The predicted molar refractivity (Wildman–Crippen MR) is 84.3 cm³/mol. The molecule has 0 amide bonds. The molecular formula is C17H24N2O2. The summed E-state index contributed by atoms with van der Waals surface area (Å²) in [6, 6.07) is 10.2. The normalized spacial score (nSPS) is 14.1. The van der Waals surface area contributed by atoms with Crippen molar-refractivity contribution in [2.24, 2.45) is 5.73 Å². The van der Waals surface area contributed by atoms with E-state index >= 15 is 0 Å². The monoisotopic (exact) mass is 288 g/mol. The average molecular weight is 288 g/mol. The molecule has 0 bridgehead atoms. The summed E-state index contributed by atoms with van der Waals surface area (Å²) in [5.74, 6) is 0.875. The largest absolute Gasteiger partial charge is 0.497 e.